The van der Waals surface area contributed by atoms with Crippen molar-refractivity contribution in [1.29, 1.82) is 0 Å². The van der Waals surface area contributed by atoms with Gasteiger partial charge >= 0.3 is 0 Å². The molecule has 0 N–H and O–H groups in total. The maximum absolute atomic E-state index is 12.8. The van der Waals surface area contributed by atoms with E-state index in [4.69, 9.17) is 4.74 Å². The molecule has 0 saturated heterocycles. The first-order valence-electron chi connectivity index (χ1n) is 9.40. The van der Waals surface area contributed by atoms with Gasteiger partial charge in [-0.2, -0.15) is 0 Å². The number of allylic oxidation sites excluding steroid dienone is 6. The molecule has 0 bridgehead atoms. The Hall–Kier alpha value is -3.66. The highest BCUT2D eigenvalue weighted by Crippen LogP contribution is 2.32. The molecule has 1 aliphatic carbocycles. The standard InChI is InChI=1S/C25H21NO3/c1-16-14-18(23-24(27)21-6-4-5-7-22(21)25(23)28)15-20(29-16)13-10-17-8-11-19(12-9-17)26(2)3/h4-15H,1-3H3/b13-10+. The Balaban J connectivity index is 1.66. The Kier molecular flexibility index (Phi) is 4.77. The normalized spacial score (nSPS) is 16.0. The largest absolute Gasteiger partial charge is 0.462 e. The Morgan fingerprint density at radius 2 is 1.45 bits per heavy atom. The molecule has 1 aliphatic heterocycles. The second kappa shape index (κ2) is 7.40. The van der Waals surface area contributed by atoms with Gasteiger partial charge in [-0.25, -0.2) is 0 Å². The number of hydrogen-bond donors (Lipinski definition) is 0. The van der Waals surface area contributed by atoms with Crippen molar-refractivity contribution in [2.75, 3.05) is 19.0 Å². The first-order valence-corrected chi connectivity index (χ1v) is 9.40. The highest BCUT2D eigenvalue weighted by Gasteiger charge is 2.34. The third kappa shape index (κ3) is 3.57. The fourth-order valence-electron chi connectivity index (χ4n) is 3.46. The van der Waals surface area contributed by atoms with Crippen LogP contribution in [0.15, 0.2) is 89.4 Å². The van der Waals surface area contributed by atoms with Crippen LogP contribution >= 0.6 is 0 Å². The molecule has 0 amide bonds. The van der Waals surface area contributed by atoms with Crippen LogP contribution in [-0.4, -0.2) is 25.7 Å². The number of carbonyl (C=O) groups excluding carboxylic acids is 2. The van der Waals surface area contributed by atoms with Crippen molar-refractivity contribution in [3.8, 4) is 0 Å². The number of fused-ring (bicyclic) bond motifs is 1. The summed E-state index contributed by atoms with van der Waals surface area (Å²) >= 11 is 0. The Labute approximate surface area is 170 Å². The van der Waals surface area contributed by atoms with E-state index < -0.39 is 0 Å². The van der Waals surface area contributed by atoms with Gasteiger partial charge in [-0.15, -0.1) is 0 Å². The molecule has 0 saturated carbocycles. The Morgan fingerprint density at radius 1 is 0.828 bits per heavy atom. The highest BCUT2D eigenvalue weighted by molar-refractivity contribution is 6.40. The Bertz CT molecular complexity index is 1090. The van der Waals surface area contributed by atoms with Crippen molar-refractivity contribution in [1.82, 2.24) is 0 Å². The summed E-state index contributed by atoms with van der Waals surface area (Å²) in [6.07, 6.45) is 7.27. The molecule has 4 rings (SSSR count). The van der Waals surface area contributed by atoms with Gasteiger partial charge in [0.1, 0.15) is 11.5 Å². The number of rotatable bonds is 3. The first kappa shape index (κ1) is 18.7. The van der Waals surface area contributed by atoms with Crippen molar-refractivity contribution in [2.24, 2.45) is 0 Å². The minimum atomic E-state index is -0.231. The van der Waals surface area contributed by atoms with Gasteiger partial charge in [0.25, 0.3) is 0 Å². The van der Waals surface area contributed by atoms with Gasteiger partial charge in [-0.05, 0) is 48.4 Å². The zero-order valence-electron chi connectivity index (χ0n) is 16.6. The average molecular weight is 383 g/mol. The number of hydrogen-bond acceptors (Lipinski definition) is 4. The molecule has 0 unspecified atom stereocenters. The van der Waals surface area contributed by atoms with Crippen LogP contribution < -0.4 is 4.90 Å². The SMILES string of the molecule is CC1=CC(=C2C(=O)c3ccccc3C2=O)C=C(/C=C/c2ccc(N(C)C)cc2)O1. The van der Waals surface area contributed by atoms with Crippen LogP contribution in [0.4, 0.5) is 5.69 Å². The number of ether oxygens (including phenoxy) is 1. The van der Waals surface area contributed by atoms with Crippen LogP contribution in [0.3, 0.4) is 0 Å². The van der Waals surface area contributed by atoms with Gasteiger partial charge in [-0.1, -0.05) is 42.5 Å². The van der Waals surface area contributed by atoms with Gasteiger partial charge in [0, 0.05) is 30.9 Å². The molecule has 0 fully saturated rings. The number of ketones is 2. The van der Waals surface area contributed by atoms with Gasteiger partial charge < -0.3 is 9.64 Å². The fourth-order valence-corrected chi connectivity index (χ4v) is 3.46. The van der Waals surface area contributed by atoms with Crippen LogP contribution in [0.2, 0.25) is 0 Å². The molecule has 2 aromatic rings. The fraction of sp³-hybridized carbons (Fsp3) is 0.120. The zero-order chi connectivity index (χ0) is 20.5. The third-order valence-electron chi connectivity index (χ3n) is 4.94. The molecule has 1 heterocycles. The lowest BCUT2D eigenvalue weighted by atomic mass is 10.0. The third-order valence-corrected chi connectivity index (χ3v) is 4.94. The first-order chi connectivity index (χ1) is 13.9. The quantitative estimate of drug-likeness (QED) is 0.555. The molecule has 0 spiro atoms. The second-order valence-corrected chi connectivity index (χ2v) is 7.26. The van der Waals surface area contributed by atoms with Gasteiger partial charge in [0.15, 0.2) is 11.6 Å². The second-order valence-electron chi connectivity index (χ2n) is 7.26. The van der Waals surface area contributed by atoms with E-state index in [1.165, 1.54) is 0 Å². The van der Waals surface area contributed by atoms with E-state index in [-0.39, 0.29) is 17.1 Å². The average Bonchev–Trinajstić information content (AvgIpc) is 2.97. The molecular formula is C25H21NO3. The monoisotopic (exact) mass is 383 g/mol. The highest BCUT2D eigenvalue weighted by atomic mass is 16.5. The summed E-state index contributed by atoms with van der Waals surface area (Å²) < 4.78 is 5.78. The van der Waals surface area contributed by atoms with Crippen LogP contribution in [0, 0.1) is 0 Å². The molecule has 29 heavy (non-hydrogen) atoms. The lowest BCUT2D eigenvalue weighted by Gasteiger charge is -2.14. The van der Waals surface area contributed by atoms with Crippen LogP contribution in [0.5, 0.6) is 0 Å². The van der Waals surface area contributed by atoms with E-state index in [2.05, 4.69) is 0 Å². The summed E-state index contributed by atoms with van der Waals surface area (Å²) in [5.41, 5.74) is 3.87. The summed E-state index contributed by atoms with van der Waals surface area (Å²) in [7, 11) is 4.00. The molecule has 0 aromatic heterocycles. The zero-order valence-corrected chi connectivity index (χ0v) is 16.6. The summed E-state index contributed by atoms with van der Waals surface area (Å²) in [6.45, 7) is 1.81. The van der Waals surface area contributed by atoms with Gasteiger partial charge in [0.2, 0.25) is 0 Å². The molecule has 4 heteroatoms. The molecule has 0 radical (unpaired) electrons. The van der Waals surface area contributed by atoms with E-state index in [1.54, 1.807) is 36.4 Å². The molecule has 2 aromatic carbocycles. The summed E-state index contributed by atoms with van der Waals surface area (Å²) in [6, 6.07) is 15.1. The number of benzene rings is 2. The molecular weight excluding hydrogens is 362 g/mol. The van der Waals surface area contributed by atoms with Gasteiger partial charge in [-0.3, -0.25) is 9.59 Å². The van der Waals surface area contributed by atoms with E-state index in [0.29, 0.717) is 28.2 Å². The smallest absolute Gasteiger partial charge is 0.198 e. The Morgan fingerprint density at radius 3 is 2.03 bits per heavy atom. The number of anilines is 1. The summed E-state index contributed by atoms with van der Waals surface area (Å²) in [5.74, 6) is 0.755. The lowest BCUT2D eigenvalue weighted by molar-refractivity contribution is 0.0988. The van der Waals surface area contributed by atoms with Crippen LogP contribution in [0.25, 0.3) is 6.08 Å². The van der Waals surface area contributed by atoms with Crippen LogP contribution in [0.1, 0.15) is 33.2 Å². The molecule has 2 aliphatic rings. The predicted octanol–water partition coefficient (Wildman–Crippen LogP) is 4.96. The van der Waals surface area contributed by atoms with Crippen molar-refractivity contribution in [3.63, 3.8) is 0 Å². The van der Waals surface area contributed by atoms with Crippen molar-refractivity contribution in [3.05, 3.63) is 106 Å². The van der Waals surface area contributed by atoms with E-state index >= 15 is 0 Å². The minimum absolute atomic E-state index is 0.204. The maximum Gasteiger partial charge on any atom is 0.198 e. The molecule has 0 atom stereocenters. The van der Waals surface area contributed by atoms with Crippen LogP contribution in [-0.2, 0) is 4.74 Å². The topological polar surface area (TPSA) is 46.6 Å². The van der Waals surface area contributed by atoms with E-state index in [9.17, 15) is 9.59 Å². The maximum atomic E-state index is 12.8. The van der Waals surface area contributed by atoms with E-state index in [0.717, 1.165) is 11.3 Å². The number of Topliss-reactive ketones (excluding diaryl/α,β-unsaturated/α-hetero) is 2. The van der Waals surface area contributed by atoms with Crippen molar-refractivity contribution >= 4 is 23.3 Å². The van der Waals surface area contributed by atoms with Crippen molar-refractivity contribution in [2.45, 2.75) is 6.92 Å². The lowest BCUT2D eigenvalue weighted by Crippen LogP contribution is -2.07. The summed E-state index contributed by atoms with van der Waals surface area (Å²) in [5, 5.41) is 0. The number of nitrogens with zero attached hydrogens (tertiary/aromatic N) is 1. The van der Waals surface area contributed by atoms with Crippen molar-refractivity contribution < 1.29 is 14.3 Å². The van der Waals surface area contributed by atoms with E-state index in [1.807, 2.05) is 62.3 Å². The molecule has 4 nitrogen and oxygen atoms in total. The number of carbonyl (C=O) groups is 2. The molecule has 144 valence electrons. The summed E-state index contributed by atoms with van der Waals surface area (Å²) in [4.78, 5) is 27.6. The van der Waals surface area contributed by atoms with Gasteiger partial charge in [0.05, 0.1) is 5.57 Å². The predicted molar refractivity (Wildman–Crippen MR) is 115 cm³/mol. The minimum Gasteiger partial charge on any atom is -0.462 e.